The van der Waals surface area contributed by atoms with Gasteiger partial charge in [-0.05, 0) is 88.7 Å². The zero-order chi connectivity index (χ0) is 23.3. The van der Waals surface area contributed by atoms with Gasteiger partial charge >= 0.3 is 0 Å². The van der Waals surface area contributed by atoms with E-state index in [1.54, 1.807) is 42.5 Å². The van der Waals surface area contributed by atoms with E-state index in [1.807, 2.05) is 25.1 Å². The first-order valence-corrected chi connectivity index (χ1v) is 11.5. The number of carbonyl (C=O) groups excluding carboxylic acids is 1. The number of carbonyl (C=O) groups is 1. The summed E-state index contributed by atoms with van der Waals surface area (Å²) in [6.45, 7) is 2.17. The number of hydrogen-bond donors (Lipinski definition) is 1. The van der Waals surface area contributed by atoms with Gasteiger partial charge in [-0.15, -0.1) is 0 Å². The number of ether oxygens (including phenoxy) is 1. The number of rotatable bonds is 6. The lowest BCUT2D eigenvalue weighted by Crippen LogP contribution is -2.14. The normalized spacial score (nSPS) is 11.1. The average Bonchev–Trinajstić information content (AvgIpc) is 2.76. The molecule has 3 aromatic rings. The summed E-state index contributed by atoms with van der Waals surface area (Å²) in [6.07, 6.45) is 1.53. The number of nitrogens with zero attached hydrogens (tertiary/aromatic N) is 1. The molecule has 8 heteroatoms. The van der Waals surface area contributed by atoms with Crippen LogP contribution < -0.4 is 10.1 Å². The fourth-order valence-electron chi connectivity index (χ4n) is 2.75. The lowest BCUT2D eigenvalue weighted by molar-refractivity contribution is -0.112. The van der Waals surface area contributed by atoms with E-state index in [2.05, 4.69) is 27.9 Å². The lowest BCUT2D eigenvalue weighted by Gasteiger charge is -2.10. The van der Waals surface area contributed by atoms with Crippen LogP contribution in [0.4, 0.5) is 5.69 Å². The molecule has 0 aliphatic heterocycles. The summed E-state index contributed by atoms with van der Waals surface area (Å²) in [7, 11) is 0. The van der Waals surface area contributed by atoms with Gasteiger partial charge in [-0.3, -0.25) is 4.79 Å². The molecule has 0 fully saturated rings. The summed E-state index contributed by atoms with van der Waals surface area (Å²) < 4.78 is 6.70. The van der Waals surface area contributed by atoms with Crippen molar-refractivity contribution in [2.24, 2.45) is 0 Å². The number of benzene rings is 3. The minimum absolute atomic E-state index is 0.0235. The van der Waals surface area contributed by atoms with Crippen LogP contribution >= 0.6 is 57.4 Å². The van der Waals surface area contributed by atoms with Crippen LogP contribution in [0.25, 0.3) is 6.08 Å². The van der Waals surface area contributed by atoms with Crippen LogP contribution in [0.15, 0.2) is 60.2 Å². The molecule has 0 atom stereocenters. The molecule has 3 rings (SSSR count). The summed E-state index contributed by atoms with van der Waals surface area (Å²) in [5, 5.41) is 13.7. The average molecular weight is 598 g/mol. The molecule has 162 valence electrons. The zero-order valence-electron chi connectivity index (χ0n) is 16.8. The smallest absolute Gasteiger partial charge is 0.266 e. The topological polar surface area (TPSA) is 62.1 Å². The van der Waals surface area contributed by atoms with Gasteiger partial charge in [0, 0.05) is 10.7 Å². The first-order chi connectivity index (χ1) is 15.3. The molecule has 0 aliphatic rings. The maximum Gasteiger partial charge on any atom is 0.266 e. The number of nitriles is 1. The molecule has 0 heterocycles. The van der Waals surface area contributed by atoms with Gasteiger partial charge < -0.3 is 10.1 Å². The van der Waals surface area contributed by atoms with E-state index in [9.17, 15) is 10.1 Å². The Morgan fingerprint density at radius 3 is 2.56 bits per heavy atom. The van der Waals surface area contributed by atoms with Crippen LogP contribution in [-0.2, 0) is 11.4 Å². The van der Waals surface area contributed by atoms with Crippen molar-refractivity contribution >= 4 is 75.1 Å². The molecule has 0 aromatic heterocycles. The molecule has 3 aromatic carbocycles. The van der Waals surface area contributed by atoms with Crippen molar-refractivity contribution in [1.82, 2.24) is 0 Å². The molecule has 0 spiro atoms. The monoisotopic (exact) mass is 596 g/mol. The highest BCUT2D eigenvalue weighted by Gasteiger charge is 2.12. The van der Waals surface area contributed by atoms with Crippen LogP contribution in [0.1, 0.15) is 16.7 Å². The van der Waals surface area contributed by atoms with Crippen LogP contribution in [0.2, 0.25) is 15.1 Å². The fourth-order valence-corrected chi connectivity index (χ4v) is 3.94. The van der Waals surface area contributed by atoms with Crippen molar-refractivity contribution in [3.8, 4) is 11.8 Å². The number of hydrogen-bond acceptors (Lipinski definition) is 3. The Kier molecular flexibility index (Phi) is 8.44. The van der Waals surface area contributed by atoms with Gasteiger partial charge in [0.25, 0.3) is 5.91 Å². The highest BCUT2D eigenvalue weighted by molar-refractivity contribution is 14.1. The second-order valence-corrected chi connectivity index (χ2v) is 9.22. The zero-order valence-corrected chi connectivity index (χ0v) is 21.2. The SMILES string of the molecule is Cc1ccc(Cl)cc1NC(=O)/C(C#N)=C/c1ccc(OCc2ccc(Cl)c(Cl)c2)c(I)c1. The van der Waals surface area contributed by atoms with E-state index in [-0.39, 0.29) is 5.57 Å². The second kappa shape index (κ2) is 11.1. The van der Waals surface area contributed by atoms with Crippen LogP contribution in [0.5, 0.6) is 5.75 Å². The summed E-state index contributed by atoms with van der Waals surface area (Å²) >= 11 is 20.1. The van der Waals surface area contributed by atoms with Gasteiger partial charge in [-0.1, -0.05) is 53.0 Å². The molecule has 0 radical (unpaired) electrons. The molecular weight excluding hydrogens is 582 g/mol. The van der Waals surface area contributed by atoms with E-state index < -0.39 is 5.91 Å². The Morgan fingerprint density at radius 1 is 1.09 bits per heavy atom. The van der Waals surface area contributed by atoms with Crippen molar-refractivity contribution < 1.29 is 9.53 Å². The van der Waals surface area contributed by atoms with E-state index >= 15 is 0 Å². The standard InChI is InChI=1S/C24H16Cl3IN2O2/c1-14-2-5-18(25)11-22(14)30-24(31)17(12-29)8-15-4-7-23(21(28)10-15)32-13-16-3-6-19(26)20(27)9-16/h2-11H,13H2,1H3,(H,30,31)/b17-8+. The maximum absolute atomic E-state index is 12.6. The van der Waals surface area contributed by atoms with Gasteiger partial charge in [0.05, 0.1) is 13.6 Å². The Hall–Kier alpha value is -2.24. The quantitative estimate of drug-likeness (QED) is 0.180. The van der Waals surface area contributed by atoms with E-state index in [1.165, 1.54) is 6.08 Å². The summed E-state index contributed by atoms with van der Waals surface area (Å²) in [5.41, 5.74) is 2.97. The number of anilines is 1. The van der Waals surface area contributed by atoms with Gasteiger partial charge in [-0.25, -0.2) is 0 Å². The van der Waals surface area contributed by atoms with Crippen LogP contribution in [0, 0.1) is 21.8 Å². The van der Waals surface area contributed by atoms with E-state index in [4.69, 9.17) is 39.5 Å². The van der Waals surface area contributed by atoms with E-state index in [0.717, 1.165) is 14.7 Å². The lowest BCUT2D eigenvalue weighted by atomic mass is 10.1. The summed E-state index contributed by atoms with van der Waals surface area (Å²) in [6, 6.07) is 17.9. The van der Waals surface area contributed by atoms with Crippen molar-refractivity contribution in [2.75, 3.05) is 5.32 Å². The molecule has 0 saturated carbocycles. The molecule has 0 aliphatic carbocycles. The molecular formula is C24H16Cl3IN2O2. The van der Waals surface area contributed by atoms with Gasteiger partial charge in [0.15, 0.2) is 0 Å². The Bertz CT molecular complexity index is 1250. The number of aryl methyl sites for hydroxylation is 1. The second-order valence-electron chi connectivity index (χ2n) is 6.81. The Labute approximate surface area is 214 Å². The van der Waals surface area contributed by atoms with Gasteiger partial charge in [0.2, 0.25) is 0 Å². The van der Waals surface area contributed by atoms with Crippen LogP contribution in [-0.4, -0.2) is 5.91 Å². The van der Waals surface area contributed by atoms with Gasteiger partial charge in [0.1, 0.15) is 24.0 Å². The summed E-state index contributed by atoms with van der Waals surface area (Å²) in [4.78, 5) is 12.6. The molecule has 0 bridgehead atoms. The molecule has 1 amide bonds. The third-order valence-corrected chi connectivity index (χ3v) is 6.28. The van der Waals surface area contributed by atoms with Gasteiger partial charge in [-0.2, -0.15) is 5.26 Å². The highest BCUT2D eigenvalue weighted by atomic mass is 127. The van der Waals surface area contributed by atoms with E-state index in [0.29, 0.717) is 38.7 Å². The van der Waals surface area contributed by atoms with Crippen molar-refractivity contribution in [3.63, 3.8) is 0 Å². The summed E-state index contributed by atoms with van der Waals surface area (Å²) in [5.74, 6) is 0.166. The largest absolute Gasteiger partial charge is 0.488 e. The van der Waals surface area contributed by atoms with Crippen molar-refractivity contribution in [3.05, 3.63) is 95.5 Å². The third-order valence-electron chi connectivity index (χ3n) is 4.46. The molecule has 1 N–H and O–H groups in total. The fraction of sp³-hybridized carbons (Fsp3) is 0.0833. The third kappa shape index (κ3) is 6.39. The molecule has 32 heavy (non-hydrogen) atoms. The first kappa shape index (κ1) is 24.4. The highest BCUT2D eigenvalue weighted by Crippen LogP contribution is 2.27. The number of amides is 1. The predicted octanol–water partition coefficient (Wildman–Crippen LogP) is 7.68. The number of nitrogens with one attached hydrogen (secondary N) is 1. The Morgan fingerprint density at radius 2 is 1.88 bits per heavy atom. The van der Waals surface area contributed by atoms with Crippen molar-refractivity contribution in [2.45, 2.75) is 13.5 Å². The number of halogens is 4. The first-order valence-electron chi connectivity index (χ1n) is 9.32. The molecule has 0 unspecified atom stereocenters. The predicted molar refractivity (Wildman–Crippen MR) is 138 cm³/mol. The molecule has 0 saturated heterocycles. The Balaban J connectivity index is 1.73. The van der Waals surface area contributed by atoms with Crippen molar-refractivity contribution in [1.29, 1.82) is 5.26 Å². The maximum atomic E-state index is 12.6. The minimum Gasteiger partial charge on any atom is -0.488 e. The minimum atomic E-state index is -0.507. The van der Waals surface area contributed by atoms with Crippen LogP contribution in [0.3, 0.4) is 0 Å². The molecule has 4 nitrogen and oxygen atoms in total.